The van der Waals surface area contributed by atoms with E-state index in [1.807, 2.05) is 0 Å². The summed E-state index contributed by atoms with van der Waals surface area (Å²) in [5.41, 5.74) is -2.92. The highest BCUT2D eigenvalue weighted by atomic mass is 19.4. The summed E-state index contributed by atoms with van der Waals surface area (Å²) in [5.74, 6) is -1.55. The van der Waals surface area contributed by atoms with Crippen molar-refractivity contribution < 1.29 is 35.5 Å². The summed E-state index contributed by atoms with van der Waals surface area (Å²) in [4.78, 5) is 16.7. The minimum absolute atomic E-state index is 0.0116. The Kier molecular flexibility index (Phi) is 6.63. The molecule has 1 amide bonds. The molecule has 10 heteroatoms. The summed E-state index contributed by atoms with van der Waals surface area (Å²) in [6, 6.07) is 6.83. The first kappa shape index (κ1) is 24.5. The van der Waals surface area contributed by atoms with Crippen LogP contribution in [0.1, 0.15) is 52.2 Å². The highest BCUT2D eigenvalue weighted by molar-refractivity contribution is 5.95. The molecule has 0 bridgehead atoms. The summed E-state index contributed by atoms with van der Waals surface area (Å²) in [6.45, 7) is 2.07. The van der Waals surface area contributed by atoms with E-state index >= 15 is 0 Å². The topological polar surface area (TPSA) is 23.6 Å². The Morgan fingerprint density at radius 3 is 1.91 bits per heavy atom. The highest BCUT2D eigenvalue weighted by Gasteiger charge is 2.40. The average molecular weight is 488 g/mol. The van der Waals surface area contributed by atoms with Crippen molar-refractivity contribution in [3.8, 4) is 0 Å². The minimum Gasteiger partial charge on any atom is -0.338 e. The molecule has 2 aliphatic rings. The van der Waals surface area contributed by atoms with Crippen molar-refractivity contribution in [1.29, 1.82) is 0 Å². The fourth-order valence-electron chi connectivity index (χ4n) is 4.93. The summed E-state index contributed by atoms with van der Waals surface area (Å²) < 4.78 is 93.0. The van der Waals surface area contributed by atoms with E-state index in [-0.39, 0.29) is 31.1 Å². The number of likely N-dealkylation sites (tertiary alicyclic amines) is 2. The quantitative estimate of drug-likeness (QED) is 0.498. The Morgan fingerprint density at radius 2 is 1.38 bits per heavy atom. The Hall–Kier alpha value is -2.62. The molecule has 2 aromatic rings. The zero-order valence-electron chi connectivity index (χ0n) is 18.1. The fraction of sp³-hybridized carbons (Fsp3) is 0.458. The second kappa shape index (κ2) is 9.20. The molecule has 2 fully saturated rings. The molecule has 0 aromatic heterocycles. The molecule has 2 heterocycles. The van der Waals surface area contributed by atoms with Gasteiger partial charge in [0.1, 0.15) is 5.82 Å². The number of nitrogens with zero attached hydrogens (tertiary/aromatic N) is 2. The molecule has 184 valence electrons. The lowest BCUT2D eigenvalue weighted by atomic mass is 9.84. The van der Waals surface area contributed by atoms with Crippen LogP contribution in [0.15, 0.2) is 42.5 Å². The van der Waals surface area contributed by atoms with Crippen LogP contribution < -0.4 is 0 Å². The number of alkyl halides is 6. The average Bonchev–Trinajstić information content (AvgIpc) is 3.32. The molecule has 2 saturated heterocycles. The first-order valence-corrected chi connectivity index (χ1v) is 11.0. The van der Waals surface area contributed by atoms with Crippen LogP contribution in [0.25, 0.3) is 0 Å². The van der Waals surface area contributed by atoms with Crippen molar-refractivity contribution >= 4 is 5.91 Å². The SMILES string of the molecule is O=C(c1cc(C(F)(F)F)cc(C(F)(F)F)c1)N1CCC(N2CCCC2)C(c2ccc(F)cc2)C1. The van der Waals surface area contributed by atoms with Crippen LogP contribution >= 0.6 is 0 Å². The molecule has 2 unspecified atom stereocenters. The van der Waals surface area contributed by atoms with Crippen LogP contribution in [-0.2, 0) is 12.4 Å². The van der Waals surface area contributed by atoms with Gasteiger partial charge < -0.3 is 4.90 Å². The number of carbonyl (C=O) groups is 1. The number of piperidine rings is 1. The van der Waals surface area contributed by atoms with E-state index in [2.05, 4.69) is 4.90 Å². The van der Waals surface area contributed by atoms with E-state index in [9.17, 15) is 35.5 Å². The molecule has 2 aliphatic heterocycles. The second-order valence-corrected chi connectivity index (χ2v) is 8.80. The molecular formula is C24H23F7N2O. The largest absolute Gasteiger partial charge is 0.416 e. The third-order valence-electron chi connectivity index (χ3n) is 6.61. The number of carbonyl (C=O) groups excluding carboxylic acids is 1. The lowest BCUT2D eigenvalue weighted by Crippen LogP contribution is -2.50. The molecule has 0 radical (unpaired) electrons. The number of rotatable bonds is 3. The molecular weight excluding hydrogens is 465 g/mol. The molecule has 0 aliphatic carbocycles. The minimum atomic E-state index is -5.03. The molecule has 0 saturated carbocycles. The zero-order chi connectivity index (χ0) is 24.7. The Labute approximate surface area is 192 Å². The summed E-state index contributed by atoms with van der Waals surface area (Å²) in [7, 11) is 0. The molecule has 0 spiro atoms. The van der Waals surface area contributed by atoms with Gasteiger partial charge in [0, 0.05) is 30.6 Å². The van der Waals surface area contributed by atoms with Crippen LogP contribution in [0.3, 0.4) is 0 Å². The van der Waals surface area contributed by atoms with Gasteiger partial charge in [-0.1, -0.05) is 12.1 Å². The summed E-state index contributed by atoms with van der Waals surface area (Å²) >= 11 is 0. The standard InChI is InChI=1S/C24H23F7N2O/c25-19-5-3-15(4-6-19)20-14-33(10-7-21(20)32-8-1-2-9-32)22(34)16-11-17(23(26,27)28)13-18(12-16)24(29,30)31/h3-6,11-13,20-21H,1-2,7-10,14H2. The van der Waals surface area contributed by atoms with E-state index < -0.39 is 40.8 Å². The van der Waals surface area contributed by atoms with Gasteiger partial charge in [-0.2, -0.15) is 26.3 Å². The number of amides is 1. The number of hydrogen-bond acceptors (Lipinski definition) is 2. The predicted octanol–water partition coefficient (Wildman–Crippen LogP) is 5.96. The maximum absolute atomic E-state index is 13.5. The van der Waals surface area contributed by atoms with Crippen LogP contribution in [-0.4, -0.2) is 47.9 Å². The van der Waals surface area contributed by atoms with Crippen molar-refractivity contribution in [2.24, 2.45) is 0 Å². The van der Waals surface area contributed by atoms with Gasteiger partial charge >= 0.3 is 12.4 Å². The Balaban J connectivity index is 1.65. The lowest BCUT2D eigenvalue weighted by Gasteiger charge is -2.43. The van der Waals surface area contributed by atoms with E-state index in [0.717, 1.165) is 31.5 Å². The maximum atomic E-state index is 13.5. The normalized spacial score (nSPS) is 22.3. The van der Waals surface area contributed by atoms with Crippen LogP contribution in [0.5, 0.6) is 0 Å². The van der Waals surface area contributed by atoms with Gasteiger partial charge in [-0.25, -0.2) is 4.39 Å². The van der Waals surface area contributed by atoms with Gasteiger partial charge in [0.25, 0.3) is 5.91 Å². The van der Waals surface area contributed by atoms with Gasteiger partial charge in [-0.15, -0.1) is 0 Å². The Morgan fingerprint density at radius 1 is 0.824 bits per heavy atom. The van der Waals surface area contributed by atoms with Crippen LogP contribution in [0.2, 0.25) is 0 Å². The van der Waals surface area contributed by atoms with Crippen LogP contribution in [0.4, 0.5) is 30.7 Å². The van der Waals surface area contributed by atoms with Gasteiger partial charge in [0.15, 0.2) is 0 Å². The van der Waals surface area contributed by atoms with Crippen molar-refractivity contribution in [3.63, 3.8) is 0 Å². The van der Waals surface area contributed by atoms with Gasteiger partial charge in [-0.05, 0) is 68.2 Å². The predicted molar refractivity (Wildman–Crippen MR) is 111 cm³/mol. The van der Waals surface area contributed by atoms with E-state index in [1.165, 1.54) is 17.0 Å². The molecule has 0 N–H and O–H groups in total. The van der Waals surface area contributed by atoms with Crippen molar-refractivity contribution in [2.45, 2.75) is 43.6 Å². The third kappa shape index (κ3) is 5.21. The smallest absolute Gasteiger partial charge is 0.338 e. The zero-order valence-corrected chi connectivity index (χ0v) is 18.1. The number of benzene rings is 2. The summed E-state index contributed by atoms with van der Waals surface area (Å²) in [5, 5.41) is 0. The van der Waals surface area contributed by atoms with Crippen molar-refractivity contribution in [2.75, 3.05) is 26.2 Å². The summed E-state index contributed by atoms with van der Waals surface area (Å²) in [6.07, 6.45) is -7.50. The molecule has 4 rings (SSSR count). The van der Waals surface area contributed by atoms with Crippen molar-refractivity contribution in [1.82, 2.24) is 9.80 Å². The van der Waals surface area contributed by atoms with Crippen LogP contribution in [0, 0.1) is 5.82 Å². The van der Waals surface area contributed by atoms with Crippen molar-refractivity contribution in [3.05, 3.63) is 70.5 Å². The molecule has 34 heavy (non-hydrogen) atoms. The number of hydrogen-bond donors (Lipinski definition) is 0. The van der Waals surface area contributed by atoms with Gasteiger partial charge in [0.05, 0.1) is 11.1 Å². The van der Waals surface area contributed by atoms with E-state index in [4.69, 9.17) is 0 Å². The number of halogens is 7. The fourth-order valence-corrected chi connectivity index (χ4v) is 4.93. The van der Waals surface area contributed by atoms with Gasteiger partial charge in [-0.3, -0.25) is 9.69 Å². The first-order valence-electron chi connectivity index (χ1n) is 11.0. The molecule has 3 nitrogen and oxygen atoms in total. The highest BCUT2D eigenvalue weighted by Crippen LogP contribution is 2.38. The third-order valence-corrected chi connectivity index (χ3v) is 6.61. The Bertz CT molecular complexity index is 995. The lowest BCUT2D eigenvalue weighted by molar-refractivity contribution is -0.143. The molecule has 2 atom stereocenters. The first-order chi connectivity index (χ1) is 15.9. The van der Waals surface area contributed by atoms with E-state index in [0.29, 0.717) is 18.6 Å². The van der Waals surface area contributed by atoms with Gasteiger partial charge in [0.2, 0.25) is 0 Å². The van der Waals surface area contributed by atoms with E-state index in [1.54, 1.807) is 12.1 Å². The monoisotopic (exact) mass is 488 g/mol. The molecule has 2 aromatic carbocycles. The maximum Gasteiger partial charge on any atom is 0.416 e. The second-order valence-electron chi connectivity index (χ2n) is 8.80.